The van der Waals surface area contributed by atoms with Gasteiger partial charge < -0.3 is 4.74 Å². The second kappa shape index (κ2) is 5.42. The Morgan fingerprint density at radius 3 is 2.57 bits per heavy atom. The third-order valence-corrected chi connectivity index (χ3v) is 5.91. The van der Waals surface area contributed by atoms with Crippen molar-refractivity contribution < 1.29 is 19.1 Å². The van der Waals surface area contributed by atoms with E-state index in [4.69, 9.17) is 4.74 Å². The smallest absolute Gasteiger partial charge is 0.271 e. The number of amides is 3. The van der Waals surface area contributed by atoms with E-state index in [0.717, 1.165) is 35.6 Å². The predicted molar refractivity (Wildman–Crippen MR) is 82.5 cm³/mol. The summed E-state index contributed by atoms with van der Waals surface area (Å²) in [6.45, 7) is 2.08. The van der Waals surface area contributed by atoms with Crippen LogP contribution in [0.15, 0.2) is 11.4 Å². The zero-order valence-electron chi connectivity index (χ0n) is 12.8. The number of carbonyl (C=O) groups is 3. The quantitative estimate of drug-likeness (QED) is 0.847. The first-order valence-corrected chi connectivity index (χ1v) is 8.89. The van der Waals surface area contributed by atoms with Gasteiger partial charge in [0.05, 0.1) is 29.6 Å². The molecule has 122 valence electrons. The largest absolute Gasteiger partial charge is 0.373 e. The average Bonchev–Trinajstić information content (AvgIpc) is 3.28. The van der Waals surface area contributed by atoms with Crippen LogP contribution in [0, 0.1) is 11.8 Å². The van der Waals surface area contributed by atoms with Crippen molar-refractivity contribution in [1.82, 2.24) is 10.4 Å². The molecule has 6 nitrogen and oxygen atoms in total. The van der Waals surface area contributed by atoms with Gasteiger partial charge in [0, 0.05) is 10.3 Å². The Balaban J connectivity index is 1.49. The van der Waals surface area contributed by atoms with Gasteiger partial charge in [-0.2, -0.15) is 5.01 Å². The fourth-order valence-electron chi connectivity index (χ4n) is 3.87. The van der Waals surface area contributed by atoms with Gasteiger partial charge in [-0.1, -0.05) is 13.3 Å². The molecule has 0 aliphatic carbocycles. The summed E-state index contributed by atoms with van der Waals surface area (Å²) in [4.78, 5) is 38.4. The molecule has 23 heavy (non-hydrogen) atoms. The van der Waals surface area contributed by atoms with Crippen molar-refractivity contribution in [3.8, 4) is 0 Å². The van der Waals surface area contributed by atoms with Crippen molar-refractivity contribution in [2.45, 2.75) is 44.8 Å². The molecule has 3 amide bonds. The summed E-state index contributed by atoms with van der Waals surface area (Å²) in [6.07, 6.45) is 3.23. The topological polar surface area (TPSA) is 75.7 Å². The Labute approximate surface area is 137 Å². The number of hydrogen-bond acceptors (Lipinski definition) is 5. The molecule has 1 aromatic rings. The number of thiophene rings is 1. The van der Waals surface area contributed by atoms with E-state index in [1.807, 2.05) is 6.07 Å². The Morgan fingerprint density at radius 1 is 1.30 bits per heavy atom. The third-order valence-electron chi connectivity index (χ3n) is 4.91. The number of ether oxygens (including phenoxy) is 1. The maximum Gasteiger partial charge on any atom is 0.271 e. The number of aryl methyl sites for hydroxylation is 1. The number of imide groups is 1. The van der Waals surface area contributed by atoms with Crippen molar-refractivity contribution >= 4 is 29.1 Å². The van der Waals surface area contributed by atoms with E-state index >= 15 is 0 Å². The normalized spacial score (nSPS) is 31.8. The molecule has 2 bridgehead atoms. The summed E-state index contributed by atoms with van der Waals surface area (Å²) >= 11 is 1.52. The number of hydrazine groups is 1. The Kier molecular flexibility index (Phi) is 3.50. The van der Waals surface area contributed by atoms with E-state index in [9.17, 15) is 14.4 Å². The molecule has 3 fully saturated rings. The molecule has 0 spiro atoms. The lowest BCUT2D eigenvalue weighted by Crippen LogP contribution is -2.47. The van der Waals surface area contributed by atoms with Crippen molar-refractivity contribution in [2.24, 2.45) is 11.8 Å². The van der Waals surface area contributed by atoms with E-state index in [1.54, 1.807) is 5.38 Å². The van der Waals surface area contributed by atoms with Gasteiger partial charge >= 0.3 is 0 Å². The fourth-order valence-corrected chi connectivity index (χ4v) is 4.84. The highest BCUT2D eigenvalue weighted by molar-refractivity contribution is 7.10. The van der Waals surface area contributed by atoms with Crippen LogP contribution in [0.5, 0.6) is 0 Å². The van der Waals surface area contributed by atoms with Crippen LogP contribution in [-0.2, 0) is 20.7 Å². The number of hydrogen-bond donors (Lipinski definition) is 1. The van der Waals surface area contributed by atoms with Crippen molar-refractivity contribution in [1.29, 1.82) is 0 Å². The second-order valence-corrected chi connectivity index (χ2v) is 7.34. The minimum absolute atomic E-state index is 0.166. The van der Waals surface area contributed by atoms with Gasteiger partial charge in [0.1, 0.15) is 0 Å². The van der Waals surface area contributed by atoms with E-state index < -0.39 is 17.7 Å². The molecule has 3 aliphatic heterocycles. The van der Waals surface area contributed by atoms with Crippen LogP contribution in [0.2, 0.25) is 0 Å². The number of nitrogens with one attached hydrogen (secondary N) is 1. The summed E-state index contributed by atoms with van der Waals surface area (Å²) in [5.74, 6) is -1.90. The van der Waals surface area contributed by atoms with E-state index in [0.29, 0.717) is 5.56 Å². The summed E-state index contributed by atoms with van der Waals surface area (Å²) in [5.41, 5.74) is 2.99. The molecule has 4 rings (SSSR count). The first-order chi connectivity index (χ1) is 11.1. The molecule has 1 N–H and O–H groups in total. The van der Waals surface area contributed by atoms with E-state index in [1.165, 1.54) is 11.3 Å². The van der Waals surface area contributed by atoms with Crippen LogP contribution in [0.3, 0.4) is 0 Å². The molecule has 0 saturated carbocycles. The summed E-state index contributed by atoms with van der Waals surface area (Å²) in [6, 6.07) is 1.82. The van der Waals surface area contributed by atoms with Crippen LogP contribution in [0.25, 0.3) is 0 Å². The monoisotopic (exact) mass is 334 g/mol. The fraction of sp³-hybridized carbons (Fsp3) is 0.562. The minimum Gasteiger partial charge on any atom is -0.373 e. The van der Waals surface area contributed by atoms with Gasteiger partial charge in [-0.3, -0.25) is 19.8 Å². The highest BCUT2D eigenvalue weighted by Crippen LogP contribution is 2.48. The lowest BCUT2D eigenvalue weighted by molar-refractivity contribution is -0.145. The lowest BCUT2D eigenvalue weighted by Gasteiger charge is -2.17. The zero-order valence-corrected chi connectivity index (χ0v) is 13.6. The molecule has 0 unspecified atom stereocenters. The zero-order chi connectivity index (χ0) is 16.1. The second-order valence-electron chi connectivity index (χ2n) is 6.35. The van der Waals surface area contributed by atoms with Crippen LogP contribution in [-0.4, -0.2) is 34.9 Å². The number of rotatable bonds is 4. The van der Waals surface area contributed by atoms with Gasteiger partial charge in [0.25, 0.3) is 17.7 Å². The molecule has 4 atom stereocenters. The van der Waals surface area contributed by atoms with Gasteiger partial charge in [-0.25, -0.2) is 0 Å². The standard InChI is InChI=1S/C16H18N2O4S/c1-2-3-9-6-8(7-23-9)14(19)17-18-15(20)12-10-4-5-11(22-10)13(12)16(18)21/h6-7,10-13H,2-5H2,1H3,(H,17,19)/t10-,11-,12-,13+/m1/s1. The van der Waals surface area contributed by atoms with Crippen LogP contribution >= 0.6 is 11.3 Å². The van der Waals surface area contributed by atoms with Gasteiger partial charge in [0.15, 0.2) is 0 Å². The van der Waals surface area contributed by atoms with Crippen LogP contribution in [0.4, 0.5) is 0 Å². The summed E-state index contributed by atoms with van der Waals surface area (Å²) < 4.78 is 5.67. The summed E-state index contributed by atoms with van der Waals surface area (Å²) in [7, 11) is 0. The van der Waals surface area contributed by atoms with Crippen molar-refractivity contribution in [2.75, 3.05) is 0 Å². The molecule has 0 aromatic carbocycles. The highest BCUT2D eigenvalue weighted by atomic mass is 32.1. The Bertz CT molecular complexity index is 657. The van der Waals surface area contributed by atoms with Crippen LogP contribution in [0.1, 0.15) is 41.4 Å². The first-order valence-electron chi connectivity index (χ1n) is 8.01. The maximum atomic E-state index is 12.5. The third kappa shape index (κ3) is 2.21. The summed E-state index contributed by atoms with van der Waals surface area (Å²) in [5, 5.41) is 2.68. The molecular weight excluding hydrogens is 316 g/mol. The number of carbonyl (C=O) groups excluding carboxylic acids is 3. The molecule has 4 heterocycles. The minimum atomic E-state index is -0.417. The van der Waals surface area contributed by atoms with E-state index in [-0.39, 0.29) is 24.0 Å². The van der Waals surface area contributed by atoms with Crippen LogP contribution < -0.4 is 5.43 Å². The average molecular weight is 334 g/mol. The SMILES string of the molecule is CCCc1cc(C(=O)NN2C(=O)[C@@H]3[C@H](C2=O)[C@H]2CC[C@H]3O2)cs1. The maximum absolute atomic E-state index is 12.5. The molecule has 7 heteroatoms. The van der Waals surface area contributed by atoms with Gasteiger partial charge in [-0.05, 0) is 25.3 Å². The molecular formula is C16H18N2O4S. The number of nitrogens with zero attached hydrogens (tertiary/aromatic N) is 1. The Hall–Kier alpha value is -1.73. The lowest BCUT2D eigenvalue weighted by atomic mass is 9.81. The van der Waals surface area contributed by atoms with Crippen molar-refractivity contribution in [3.05, 3.63) is 21.9 Å². The van der Waals surface area contributed by atoms with Crippen molar-refractivity contribution in [3.63, 3.8) is 0 Å². The first kappa shape index (κ1) is 14.8. The highest BCUT2D eigenvalue weighted by Gasteiger charge is 2.62. The Morgan fingerprint density at radius 2 is 1.96 bits per heavy atom. The molecule has 3 aliphatic rings. The molecule has 3 saturated heterocycles. The van der Waals surface area contributed by atoms with Gasteiger partial charge in [-0.15, -0.1) is 11.3 Å². The number of fused-ring (bicyclic) bond motifs is 5. The molecule has 0 radical (unpaired) electrons. The molecule has 1 aromatic heterocycles. The predicted octanol–water partition coefficient (Wildman–Crippen LogP) is 1.51. The van der Waals surface area contributed by atoms with E-state index in [2.05, 4.69) is 12.3 Å². The van der Waals surface area contributed by atoms with Gasteiger partial charge in [0.2, 0.25) is 0 Å².